The Kier molecular flexibility index (Phi) is 5.78. The van der Waals surface area contributed by atoms with E-state index < -0.39 is 0 Å². The molecule has 2 N–H and O–H groups in total. The molecular formula is C22H20N2O2. The fourth-order valence-corrected chi connectivity index (χ4v) is 2.63. The van der Waals surface area contributed by atoms with Crippen LogP contribution in [0.2, 0.25) is 0 Å². The van der Waals surface area contributed by atoms with Crippen LogP contribution in [-0.4, -0.2) is 16.7 Å². The van der Waals surface area contributed by atoms with E-state index in [0.717, 1.165) is 16.7 Å². The van der Waals surface area contributed by atoms with Gasteiger partial charge in [0.25, 0.3) is 0 Å². The molecule has 3 rings (SSSR count). The van der Waals surface area contributed by atoms with Gasteiger partial charge >= 0.3 is 0 Å². The number of phenols is 1. The van der Waals surface area contributed by atoms with E-state index >= 15 is 0 Å². The Morgan fingerprint density at radius 1 is 0.808 bits per heavy atom. The predicted molar refractivity (Wildman–Crippen MR) is 103 cm³/mol. The van der Waals surface area contributed by atoms with Crippen LogP contribution in [0.3, 0.4) is 0 Å². The van der Waals surface area contributed by atoms with Crippen molar-refractivity contribution in [2.75, 3.05) is 0 Å². The lowest BCUT2D eigenvalue weighted by molar-refractivity contribution is -0.121. The second-order valence-corrected chi connectivity index (χ2v) is 5.86. The molecule has 3 aromatic carbocycles. The van der Waals surface area contributed by atoms with Gasteiger partial charge in [-0.25, -0.2) is 5.43 Å². The van der Waals surface area contributed by atoms with Gasteiger partial charge in [-0.15, -0.1) is 0 Å². The zero-order valence-corrected chi connectivity index (χ0v) is 14.3. The molecule has 0 atom stereocenters. The number of rotatable bonds is 6. The molecule has 4 nitrogen and oxygen atoms in total. The van der Waals surface area contributed by atoms with Crippen molar-refractivity contribution in [3.63, 3.8) is 0 Å². The summed E-state index contributed by atoms with van der Waals surface area (Å²) < 4.78 is 0. The van der Waals surface area contributed by atoms with Crippen LogP contribution in [0.5, 0.6) is 5.75 Å². The lowest BCUT2D eigenvalue weighted by Gasteiger charge is -2.08. The van der Waals surface area contributed by atoms with Crippen LogP contribution in [0.4, 0.5) is 0 Å². The molecule has 0 bridgehead atoms. The van der Waals surface area contributed by atoms with Crippen LogP contribution >= 0.6 is 0 Å². The highest BCUT2D eigenvalue weighted by atomic mass is 16.3. The third-order valence-electron chi connectivity index (χ3n) is 4.00. The fourth-order valence-electron chi connectivity index (χ4n) is 2.63. The molecule has 4 heteroatoms. The van der Waals surface area contributed by atoms with E-state index in [2.05, 4.69) is 10.5 Å². The van der Waals surface area contributed by atoms with E-state index in [1.165, 1.54) is 0 Å². The number of amides is 1. The molecule has 0 aliphatic carbocycles. The molecule has 0 spiro atoms. The highest BCUT2D eigenvalue weighted by molar-refractivity contribution is 6.13. The van der Waals surface area contributed by atoms with Gasteiger partial charge in [-0.3, -0.25) is 4.79 Å². The average Bonchev–Trinajstić information content (AvgIpc) is 2.69. The van der Waals surface area contributed by atoms with Crippen molar-refractivity contribution in [1.29, 1.82) is 0 Å². The third-order valence-corrected chi connectivity index (χ3v) is 4.00. The van der Waals surface area contributed by atoms with Crippen molar-refractivity contribution in [2.24, 2.45) is 5.10 Å². The Morgan fingerprint density at radius 2 is 1.35 bits per heavy atom. The molecule has 26 heavy (non-hydrogen) atoms. The summed E-state index contributed by atoms with van der Waals surface area (Å²) in [6.45, 7) is 0. The van der Waals surface area contributed by atoms with Crippen molar-refractivity contribution < 1.29 is 9.90 Å². The second-order valence-electron chi connectivity index (χ2n) is 5.86. The number of phenolic OH excluding ortho intramolecular Hbond substituents is 1. The minimum atomic E-state index is -0.197. The average molecular weight is 344 g/mol. The summed E-state index contributed by atoms with van der Waals surface area (Å²) >= 11 is 0. The van der Waals surface area contributed by atoms with Gasteiger partial charge in [-0.1, -0.05) is 78.9 Å². The SMILES string of the molecule is O=C(CCc1ccccc1O)NN=C(c1ccccc1)c1ccccc1. The molecule has 0 aliphatic rings. The summed E-state index contributed by atoms with van der Waals surface area (Å²) in [6, 6.07) is 26.5. The highest BCUT2D eigenvalue weighted by Gasteiger charge is 2.09. The Labute approximate surface area is 152 Å². The molecule has 0 fully saturated rings. The molecule has 0 unspecified atom stereocenters. The zero-order valence-electron chi connectivity index (χ0n) is 14.3. The Balaban J connectivity index is 1.72. The smallest absolute Gasteiger partial charge is 0.240 e. The second kappa shape index (κ2) is 8.62. The zero-order chi connectivity index (χ0) is 18.2. The fraction of sp³-hybridized carbons (Fsp3) is 0.0909. The molecule has 0 heterocycles. The number of para-hydroxylation sites is 1. The van der Waals surface area contributed by atoms with Crippen molar-refractivity contribution in [1.82, 2.24) is 5.43 Å². The topological polar surface area (TPSA) is 61.7 Å². The number of aryl methyl sites for hydroxylation is 1. The molecule has 0 saturated carbocycles. The monoisotopic (exact) mass is 344 g/mol. The molecule has 3 aromatic rings. The van der Waals surface area contributed by atoms with Crippen LogP contribution in [0.25, 0.3) is 0 Å². The summed E-state index contributed by atoms with van der Waals surface area (Å²) in [5, 5.41) is 14.1. The molecular weight excluding hydrogens is 324 g/mol. The Bertz CT molecular complexity index is 849. The van der Waals surface area contributed by atoms with E-state index in [1.807, 2.05) is 72.8 Å². The van der Waals surface area contributed by atoms with Crippen LogP contribution in [0.15, 0.2) is 90.0 Å². The number of hydrogen-bond donors (Lipinski definition) is 2. The number of carbonyl (C=O) groups is 1. The molecule has 130 valence electrons. The number of nitrogens with zero attached hydrogens (tertiary/aromatic N) is 1. The first-order valence-corrected chi connectivity index (χ1v) is 8.48. The summed E-state index contributed by atoms with van der Waals surface area (Å²) in [6.07, 6.45) is 0.706. The molecule has 1 amide bonds. The maximum Gasteiger partial charge on any atom is 0.240 e. The van der Waals surface area contributed by atoms with E-state index in [4.69, 9.17) is 0 Å². The third kappa shape index (κ3) is 4.57. The maximum absolute atomic E-state index is 12.2. The van der Waals surface area contributed by atoms with Crippen molar-refractivity contribution in [3.8, 4) is 5.75 Å². The summed E-state index contributed by atoms with van der Waals surface area (Å²) in [5.41, 5.74) is 5.96. The molecule has 0 radical (unpaired) electrons. The number of benzene rings is 3. The van der Waals surface area contributed by atoms with Crippen molar-refractivity contribution in [3.05, 3.63) is 102 Å². The lowest BCUT2D eigenvalue weighted by atomic mass is 10.0. The quantitative estimate of drug-likeness (QED) is 0.526. The van der Waals surface area contributed by atoms with Crippen molar-refractivity contribution >= 4 is 11.6 Å². The summed E-state index contributed by atoms with van der Waals surface area (Å²) in [4.78, 5) is 12.2. The van der Waals surface area contributed by atoms with Gasteiger partial charge in [-0.2, -0.15) is 5.10 Å². The molecule has 0 aliphatic heterocycles. The minimum Gasteiger partial charge on any atom is -0.508 e. The van der Waals surface area contributed by atoms with Gasteiger partial charge in [0.2, 0.25) is 5.91 Å². The number of hydrogen-bond acceptors (Lipinski definition) is 3. The number of carbonyl (C=O) groups excluding carboxylic acids is 1. The predicted octanol–water partition coefficient (Wildman–Crippen LogP) is 3.89. The largest absolute Gasteiger partial charge is 0.508 e. The van der Waals surface area contributed by atoms with Crippen molar-refractivity contribution in [2.45, 2.75) is 12.8 Å². The summed E-state index contributed by atoms with van der Waals surface area (Å²) in [5.74, 6) is 0.00989. The normalized spacial score (nSPS) is 10.2. The number of hydrazone groups is 1. The number of nitrogens with one attached hydrogen (secondary N) is 1. The van der Waals surface area contributed by atoms with Gasteiger partial charge < -0.3 is 5.11 Å². The Morgan fingerprint density at radius 3 is 1.92 bits per heavy atom. The van der Waals surface area contributed by atoms with E-state index in [-0.39, 0.29) is 18.1 Å². The van der Waals surface area contributed by atoms with Crippen LogP contribution in [0.1, 0.15) is 23.1 Å². The first-order valence-electron chi connectivity index (χ1n) is 8.48. The maximum atomic E-state index is 12.2. The minimum absolute atomic E-state index is 0.197. The van der Waals surface area contributed by atoms with Gasteiger partial charge in [0.05, 0.1) is 5.71 Å². The van der Waals surface area contributed by atoms with Gasteiger partial charge in [-0.05, 0) is 18.1 Å². The van der Waals surface area contributed by atoms with Gasteiger partial charge in [0.15, 0.2) is 0 Å². The van der Waals surface area contributed by atoms with Gasteiger partial charge in [0.1, 0.15) is 5.75 Å². The lowest BCUT2D eigenvalue weighted by Crippen LogP contribution is -2.21. The van der Waals surface area contributed by atoms with Crippen LogP contribution in [-0.2, 0) is 11.2 Å². The molecule has 0 aromatic heterocycles. The van der Waals surface area contributed by atoms with Gasteiger partial charge in [0, 0.05) is 17.5 Å². The van der Waals surface area contributed by atoms with Crippen LogP contribution < -0.4 is 5.43 Å². The first kappa shape index (κ1) is 17.4. The molecule has 0 saturated heterocycles. The first-order chi connectivity index (χ1) is 12.7. The standard InChI is InChI=1S/C22H20N2O2/c25-20-14-8-7-9-17(20)15-16-21(26)23-24-22(18-10-3-1-4-11-18)19-12-5-2-6-13-19/h1-14,25H,15-16H2,(H,23,26). The van der Waals surface area contributed by atoms with E-state index in [1.54, 1.807) is 12.1 Å². The number of aromatic hydroxyl groups is 1. The van der Waals surface area contributed by atoms with E-state index in [9.17, 15) is 9.90 Å². The highest BCUT2D eigenvalue weighted by Crippen LogP contribution is 2.17. The van der Waals surface area contributed by atoms with Crippen LogP contribution in [0, 0.1) is 0 Å². The van der Waals surface area contributed by atoms with E-state index in [0.29, 0.717) is 12.1 Å². The summed E-state index contributed by atoms with van der Waals surface area (Å²) in [7, 11) is 0. The Hall–Kier alpha value is -3.40.